The van der Waals surface area contributed by atoms with Gasteiger partial charge in [-0.1, -0.05) is 109 Å². The monoisotopic (exact) mass is 718 g/mol. The molecule has 1 aliphatic carbocycles. The van der Waals surface area contributed by atoms with Crippen molar-refractivity contribution in [2.75, 3.05) is 0 Å². The summed E-state index contributed by atoms with van der Waals surface area (Å²) in [6, 6.07) is 63.6. The lowest BCUT2D eigenvalue weighted by molar-refractivity contribution is 0.436. The van der Waals surface area contributed by atoms with E-state index in [1.165, 1.54) is 22.3 Å². The number of nitrogens with zero attached hydrogens (tertiary/aromatic N) is 2. The van der Waals surface area contributed by atoms with Gasteiger partial charge in [0.2, 0.25) is 11.8 Å². The Bertz CT molecular complexity index is 2890. The minimum Gasteiger partial charge on any atom is -0.457 e. The van der Waals surface area contributed by atoms with Gasteiger partial charge in [-0.15, -0.1) is 0 Å². The van der Waals surface area contributed by atoms with Crippen LogP contribution < -0.4 is 4.74 Å². The van der Waals surface area contributed by atoms with Crippen LogP contribution in [-0.4, -0.2) is 9.97 Å². The number of hydrogen-bond acceptors (Lipinski definition) is 5. The van der Waals surface area contributed by atoms with Crippen LogP contribution in [0.4, 0.5) is 0 Å². The Hall–Kier alpha value is -7.50. The lowest BCUT2D eigenvalue weighted by Gasteiger charge is -2.39. The molecule has 3 heterocycles. The number of oxazole rings is 2. The first kappa shape index (κ1) is 30.9. The van der Waals surface area contributed by atoms with E-state index in [-0.39, 0.29) is 0 Å². The summed E-state index contributed by atoms with van der Waals surface area (Å²) in [6.07, 6.45) is 0. The summed E-state index contributed by atoms with van der Waals surface area (Å²) in [5.41, 5.74) is 16.2. The summed E-state index contributed by atoms with van der Waals surface area (Å²) >= 11 is 0. The maximum absolute atomic E-state index is 6.65. The normalized spacial score (nSPS) is 13.3. The van der Waals surface area contributed by atoms with Crippen LogP contribution in [0.3, 0.4) is 0 Å². The molecule has 12 rings (SSSR count). The first-order chi connectivity index (χ1) is 27.7. The maximum atomic E-state index is 6.65. The van der Waals surface area contributed by atoms with Crippen LogP contribution in [0.2, 0.25) is 0 Å². The van der Waals surface area contributed by atoms with E-state index >= 15 is 0 Å². The topological polar surface area (TPSA) is 61.3 Å². The van der Waals surface area contributed by atoms with Gasteiger partial charge >= 0.3 is 0 Å². The van der Waals surface area contributed by atoms with E-state index < -0.39 is 5.41 Å². The van der Waals surface area contributed by atoms with E-state index in [1.807, 2.05) is 48.5 Å². The Balaban J connectivity index is 1.01. The van der Waals surface area contributed by atoms with Crippen LogP contribution in [0.1, 0.15) is 22.3 Å². The van der Waals surface area contributed by atoms with Crippen molar-refractivity contribution in [3.05, 3.63) is 204 Å². The van der Waals surface area contributed by atoms with Crippen LogP contribution in [0.15, 0.2) is 191 Å². The largest absolute Gasteiger partial charge is 0.457 e. The summed E-state index contributed by atoms with van der Waals surface area (Å²) in [4.78, 5) is 9.45. The average Bonchev–Trinajstić information content (AvgIpc) is 3.97. The molecule has 0 atom stereocenters. The maximum Gasteiger partial charge on any atom is 0.227 e. The number of hydrogen-bond donors (Lipinski definition) is 0. The van der Waals surface area contributed by atoms with E-state index in [2.05, 4.69) is 133 Å². The van der Waals surface area contributed by atoms with Crippen molar-refractivity contribution in [1.82, 2.24) is 9.97 Å². The summed E-state index contributed by atoms with van der Waals surface area (Å²) in [6.45, 7) is 0. The molecule has 56 heavy (non-hydrogen) atoms. The number of ether oxygens (including phenoxy) is 1. The van der Waals surface area contributed by atoms with Gasteiger partial charge in [0.25, 0.3) is 0 Å². The van der Waals surface area contributed by atoms with Crippen molar-refractivity contribution in [3.8, 4) is 67.8 Å². The fraction of sp³-hybridized carbons (Fsp3) is 0.0196. The second-order valence-corrected chi connectivity index (χ2v) is 14.5. The lowest BCUT2D eigenvalue weighted by Crippen LogP contribution is -2.32. The number of rotatable bonds is 4. The third kappa shape index (κ3) is 4.49. The zero-order valence-electron chi connectivity index (χ0n) is 29.9. The number of para-hydroxylation sites is 6. The van der Waals surface area contributed by atoms with E-state index in [0.29, 0.717) is 11.8 Å². The molecule has 0 amide bonds. The van der Waals surface area contributed by atoms with Gasteiger partial charge in [0.1, 0.15) is 22.5 Å². The third-order valence-electron chi connectivity index (χ3n) is 11.5. The number of aromatic nitrogens is 2. The third-order valence-corrected chi connectivity index (χ3v) is 11.5. The van der Waals surface area contributed by atoms with Gasteiger partial charge in [-0.2, -0.15) is 0 Å². The standard InChI is InChI=1S/C51H30N2O3/c1-5-13-45-39(9-1)51(40-10-2-6-14-46(40)54-45)41-29-35(31-17-21-33(22-18-31)49-52-43-11-3-7-15-47(43)55-49)25-27-37(41)38-28-26-36(30-42(38)51)32-19-23-34(24-20-32)50-53-44-12-4-8-16-48(44)56-50/h1-30H. The molecule has 0 unspecified atom stereocenters. The van der Waals surface area contributed by atoms with Crippen LogP contribution in [0.5, 0.6) is 11.5 Å². The summed E-state index contributed by atoms with van der Waals surface area (Å²) in [5, 5.41) is 0. The summed E-state index contributed by atoms with van der Waals surface area (Å²) in [5.74, 6) is 2.97. The van der Waals surface area contributed by atoms with Crippen molar-refractivity contribution in [3.63, 3.8) is 0 Å². The molecule has 8 aromatic carbocycles. The SMILES string of the molecule is c1ccc2c(c1)Oc1ccccc1C21c2cc(-c3ccc(-c4nc5ccccc5o4)cc3)ccc2-c2ccc(-c3ccc(-c4nc5ccccc5o4)cc3)cc21. The van der Waals surface area contributed by atoms with Gasteiger partial charge < -0.3 is 13.6 Å². The Kier molecular flexibility index (Phi) is 6.48. The molecule has 0 bridgehead atoms. The first-order valence-corrected chi connectivity index (χ1v) is 18.8. The van der Waals surface area contributed by atoms with E-state index in [9.17, 15) is 0 Å². The van der Waals surface area contributed by atoms with Gasteiger partial charge in [-0.3, -0.25) is 0 Å². The predicted molar refractivity (Wildman–Crippen MR) is 221 cm³/mol. The Morgan fingerprint density at radius 3 is 1.20 bits per heavy atom. The van der Waals surface area contributed by atoms with E-state index in [0.717, 1.165) is 78.2 Å². The highest BCUT2D eigenvalue weighted by Gasteiger charge is 2.51. The second-order valence-electron chi connectivity index (χ2n) is 14.5. The summed E-state index contributed by atoms with van der Waals surface area (Å²) < 4.78 is 18.8. The minimum absolute atomic E-state index is 0.613. The smallest absolute Gasteiger partial charge is 0.227 e. The summed E-state index contributed by atoms with van der Waals surface area (Å²) in [7, 11) is 0. The minimum atomic E-state index is -0.613. The van der Waals surface area contributed by atoms with Gasteiger partial charge in [0, 0.05) is 22.3 Å². The van der Waals surface area contributed by atoms with E-state index in [4.69, 9.17) is 23.5 Å². The molecule has 1 spiro atoms. The fourth-order valence-corrected chi connectivity index (χ4v) is 8.86. The molecule has 0 fully saturated rings. The molecular weight excluding hydrogens is 689 g/mol. The van der Waals surface area contributed by atoms with Crippen LogP contribution in [0.25, 0.3) is 78.5 Å². The molecular formula is C51H30N2O3. The van der Waals surface area contributed by atoms with E-state index in [1.54, 1.807) is 0 Å². The molecule has 5 nitrogen and oxygen atoms in total. The first-order valence-electron chi connectivity index (χ1n) is 18.8. The molecule has 1 aliphatic heterocycles. The zero-order chi connectivity index (χ0) is 36.8. The van der Waals surface area contributed by atoms with Crippen LogP contribution in [-0.2, 0) is 5.41 Å². The Morgan fingerprint density at radius 1 is 0.339 bits per heavy atom. The lowest BCUT2D eigenvalue weighted by atomic mass is 9.65. The predicted octanol–water partition coefficient (Wildman–Crippen LogP) is 13.1. The molecule has 2 aliphatic rings. The zero-order valence-corrected chi connectivity index (χ0v) is 29.9. The van der Waals surface area contributed by atoms with Gasteiger partial charge in [-0.05, 0) is 117 Å². The average molecular weight is 719 g/mol. The highest BCUT2D eigenvalue weighted by molar-refractivity contribution is 5.92. The van der Waals surface area contributed by atoms with Crippen LogP contribution in [0, 0.1) is 0 Å². The molecule has 2 aromatic heterocycles. The van der Waals surface area contributed by atoms with Crippen molar-refractivity contribution in [2.45, 2.75) is 5.41 Å². The highest BCUT2D eigenvalue weighted by atomic mass is 16.5. The van der Waals surface area contributed by atoms with Gasteiger partial charge in [0.15, 0.2) is 11.2 Å². The fourth-order valence-electron chi connectivity index (χ4n) is 8.86. The molecule has 0 radical (unpaired) electrons. The number of benzene rings is 8. The molecule has 0 N–H and O–H groups in total. The Labute approximate surface area is 322 Å². The molecule has 262 valence electrons. The second kappa shape index (κ2) is 11.7. The van der Waals surface area contributed by atoms with Crippen molar-refractivity contribution >= 4 is 22.2 Å². The highest BCUT2D eigenvalue weighted by Crippen LogP contribution is 2.62. The van der Waals surface area contributed by atoms with Gasteiger partial charge in [-0.25, -0.2) is 9.97 Å². The van der Waals surface area contributed by atoms with Crippen molar-refractivity contribution < 1.29 is 13.6 Å². The quantitative estimate of drug-likeness (QED) is 0.181. The number of fused-ring (bicyclic) bond motifs is 11. The molecule has 0 saturated carbocycles. The molecule has 10 aromatic rings. The molecule has 5 heteroatoms. The van der Waals surface area contributed by atoms with Gasteiger partial charge in [0.05, 0.1) is 5.41 Å². The Morgan fingerprint density at radius 2 is 0.732 bits per heavy atom. The van der Waals surface area contributed by atoms with Crippen LogP contribution >= 0.6 is 0 Å². The van der Waals surface area contributed by atoms with Crippen molar-refractivity contribution in [2.24, 2.45) is 0 Å². The van der Waals surface area contributed by atoms with Crippen molar-refractivity contribution in [1.29, 1.82) is 0 Å². The molecule has 0 saturated heterocycles.